The molecule has 0 spiro atoms. The third-order valence-electron chi connectivity index (χ3n) is 10.2. The molecule has 2 saturated carbocycles. The summed E-state index contributed by atoms with van der Waals surface area (Å²) in [6.45, 7) is 10.1. The standard InChI is InChI=1S/C32H33N2/c1-29(2)25-20-28-32(23-16-10-6-11-17-23)30(3,4)27(34(28)24-18-12-7-13-19-24)21-26(33-25)31(29,32)22-14-8-5-9-15-22/h5-19,25,27H,20-21H2,1-4H3/q+1. The lowest BCUT2D eigenvalue weighted by Gasteiger charge is -2.63. The summed E-state index contributed by atoms with van der Waals surface area (Å²) in [7, 11) is 0. The normalized spacial score (nSPS) is 33.8. The van der Waals surface area contributed by atoms with Gasteiger partial charge in [0.2, 0.25) is 5.69 Å². The lowest BCUT2D eigenvalue weighted by atomic mass is 9.33. The Balaban J connectivity index is 1.70. The van der Waals surface area contributed by atoms with Crippen LogP contribution in [0.5, 0.6) is 0 Å². The second-order valence-electron chi connectivity index (χ2n) is 11.8. The van der Waals surface area contributed by atoms with Crippen molar-refractivity contribution in [2.24, 2.45) is 15.8 Å². The Morgan fingerprint density at radius 3 is 1.76 bits per heavy atom. The fourth-order valence-electron chi connectivity index (χ4n) is 9.06. The highest BCUT2D eigenvalue weighted by molar-refractivity contribution is 6.14. The number of hydrogen-bond acceptors (Lipinski definition) is 1. The molecule has 4 atom stereocenters. The van der Waals surface area contributed by atoms with Gasteiger partial charge in [-0.05, 0) is 11.1 Å². The Kier molecular flexibility index (Phi) is 3.81. The highest BCUT2D eigenvalue weighted by Gasteiger charge is 2.86. The Bertz CT molecular complexity index is 1350. The average Bonchev–Trinajstić information content (AvgIpc) is 3.07. The fraction of sp³-hybridized carbons (Fsp3) is 0.375. The van der Waals surface area contributed by atoms with Crippen molar-refractivity contribution in [3.05, 3.63) is 102 Å². The number of aliphatic imine (C=N–C) groups is 1. The van der Waals surface area contributed by atoms with Crippen LogP contribution in [0.1, 0.15) is 51.7 Å². The van der Waals surface area contributed by atoms with E-state index in [1.54, 1.807) is 5.71 Å². The molecule has 0 radical (unpaired) electrons. The van der Waals surface area contributed by atoms with Gasteiger partial charge in [0, 0.05) is 35.1 Å². The summed E-state index contributed by atoms with van der Waals surface area (Å²) in [5, 5.41) is 0. The molecule has 170 valence electrons. The second kappa shape index (κ2) is 6.36. The molecule has 4 aliphatic rings. The van der Waals surface area contributed by atoms with Gasteiger partial charge in [0.1, 0.15) is 5.41 Å². The van der Waals surface area contributed by atoms with Gasteiger partial charge in [0.15, 0.2) is 11.8 Å². The summed E-state index contributed by atoms with van der Waals surface area (Å²) in [6.07, 6.45) is 2.05. The molecule has 2 heterocycles. The molecular formula is C32H33N2+. The van der Waals surface area contributed by atoms with E-state index in [4.69, 9.17) is 4.99 Å². The highest BCUT2D eigenvalue weighted by Crippen LogP contribution is 2.75. The molecule has 3 aromatic rings. The molecule has 0 amide bonds. The largest absolute Gasteiger partial charge is 0.288 e. The van der Waals surface area contributed by atoms with Crippen LogP contribution in [0.3, 0.4) is 0 Å². The van der Waals surface area contributed by atoms with Crippen LogP contribution in [-0.2, 0) is 10.8 Å². The summed E-state index contributed by atoms with van der Waals surface area (Å²) in [6, 6.07) is 34.6. The van der Waals surface area contributed by atoms with Gasteiger partial charge < -0.3 is 0 Å². The van der Waals surface area contributed by atoms with Gasteiger partial charge >= 0.3 is 0 Å². The Hall–Kier alpha value is -3.00. The second-order valence-corrected chi connectivity index (χ2v) is 11.8. The van der Waals surface area contributed by atoms with E-state index >= 15 is 0 Å². The molecule has 34 heavy (non-hydrogen) atoms. The van der Waals surface area contributed by atoms with Crippen molar-refractivity contribution in [1.29, 1.82) is 0 Å². The number of hydrogen-bond donors (Lipinski definition) is 0. The summed E-state index contributed by atoms with van der Waals surface area (Å²) >= 11 is 0. The predicted octanol–water partition coefficient (Wildman–Crippen LogP) is 6.71. The first-order valence-electron chi connectivity index (χ1n) is 12.8. The lowest BCUT2D eigenvalue weighted by Crippen LogP contribution is -2.74. The van der Waals surface area contributed by atoms with Crippen LogP contribution in [0.15, 0.2) is 96.0 Å². The van der Waals surface area contributed by atoms with E-state index in [9.17, 15) is 0 Å². The topological polar surface area (TPSA) is 15.4 Å². The van der Waals surface area contributed by atoms with E-state index in [0.29, 0.717) is 12.1 Å². The zero-order valence-electron chi connectivity index (χ0n) is 20.6. The first-order valence-corrected chi connectivity index (χ1v) is 12.8. The molecule has 7 rings (SSSR count). The zero-order valence-corrected chi connectivity index (χ0v) is 20.6. The average molecular weight is 446 g/mol. The van der Waals surface area contributed by atoms with Crippen LogP contribution in [0.4, 0.5) is 5.69 Å². The fourth-order valence-corrected chi connectivity index (χ4v) is 9.06. The number of nitrogens with zero attached hydrogens (tertiary/aromatic N) is 2. The van der Waals surface area contributed by atoms with Gasteiger partial charge in [0.05, 0.1) is 17.9 Å². The Labute approximate surface area is 203 Å². The third kappa shape index (κ3) is 1.95. The SMILES string of the molecule is CC1(C)C2CC3=[N+](c4ccccc4)C4CC(=N2)C1(c1ccccc1)C3(c1ccccc1)C4(C)C. The molecule has 4 unspecified atom stereocenters. The van der Waals surface area contributed by atoms with Gasteiger partial charge in [-0.3, -0.25) is 4.99 Å². The van der Waals surface area contributed by atoms with Crippen LogP contribution < -0.4 is 0 Å². The first-order chi connectivity index (χ1) is 16.4. The van der Waals surface area contributed by atoms with Crippen molar-refractivity contribution in [3.63, 3.8) is 0 Å². The van der Waals surface area contributed by atoms with Gasteiger partial charge in [-0.15, -0.1) is 0 Å². The Morgan fingerprint density at radius 1 is 0.647 bits per heavy atom. The van der Waals surface area contributed by atoms with E-state index < -0.39 is 0 Å². The lowest BCUT2D eigenvalue weighted by molar-refractivity contribution is -0.490. The van der Waals surface area contributed by atoms with Crippen LogP contribution in [0.2, 0.25) is 0 Å². The van der Waals surface area contributed by atoms with Crippen LogP contribution in [0, 0.1) is 10.8 Å². The van der Waals surface area contributed by atoms with Gasteiger partial charge in [-0.1, -0.05) is 107 Å². The quantitative estimate of drug-likeness (QED) is 0.398. The summed E-state index contributed by atoms with van der Waals surface area (Å²) < 4.78 is 2.74. The number of benzene rings is 3. The van der Waals surface area contributed by atoms with Crippen molar-refractivity contribution >= 4 is 17.1 Å². The molecule has 2 heteroatoms. The molecule has 2 aliphatic carbocycles. The van der Waals surface area contributed by atoms with Gasteiger partial charge in [-0.25, -0.2) is 0 Å². The van der Waals surface area contributed by atoms with Crippen molar-refractivity contribution < 1.29 is 4.58 Å². The van der Waals surface area contributed by atoms with Gasteiger partial charge in [-0.2, -0.15) is 4.58 Å². The van der Waals surface area contributed by atoms with Crippen molar-refractivity contribution in [2.45, 2.75) is 63.5 Å². The smallest absolute Gasteiger partial charge is 0.205 e. The number of rotatable bonds is 3. The summed E-state index contributed by atoms with van der Waals surface area (Å²) in [5.41, 5.74) is 6.89. The van der Waals surface area contributed by atoms with E-state index in [0.717, 1.165) is 12.8 Å². The minimum atomic E-state index is -0.176. The monoisotopic (exact) mass is 445 g/mol. The molecule has 0 aromatic heterocycles. The number of para-hydroxylation sites is 1. The molecule has 2 nitrogen and oxygen atoms in total. The van der Waals surface area contributed by atoms with Crippen molar-refractivity contribution in [2.75, 3.05) is 0 Å². The molecule has 0 N–H and O–H groups in total. The van der Waals surface area contributed by atoms with E-state index in [1.807, 2.05) is 0 Å². The molecule has 2 fully saturated rings. The highest BCUT2D eigenvalue weighted by atomic mass is 15.2. The molecular weight excluding hydrogens is 412 g/mol. The molecule has 2 aliphatic heterocycles. The van der Waals surface area contributed by atoms with E-state index in [-0.39, 0.29) is 21.7 Å². The Morgan fingerprint density at radius 2 is 1.18 bits per heavy atom. The maximum Gasteiger partial charge on any atom is 0.205 e. The zero-order chi connectivity index (χ0) is 23.3. The maximum absolute atomic E-state index is 5.59. The van der Waals surface area contributed by atoms with Crippen LogP contribution >= 0.6 is 0 Å². The van der Waals surface area contributed by atoms with E-state index in [2.05, 4.69) is 123 Å². The summed E-state index contributed by atoms with van der Waals surface area (Å²) in [4.78, 5) is 5.59. The molecule has 4 bridgehead atoms. The first kappa shape index (κ1) is 20.4. The molecule has 0 saturated heterocycles. The van der Waals surface area contributed by atoms with Gasteiger partial charge in [0.25, 0.3) is 0 Å². The minimum Gasteiger partial charge on any atom is -0.288 e. The van der Waals surface area contributed by atoms with E-state index in [1.165, 1.54) is 22.5 Å². The van der Waals surface area contributed by atoms with Crippen molar-refractivity contribution in [1.82, 2.24) is 0 Å². The van der Waals surface area contributed by atoms with Crippen molar-refractivity contribution in [3.8, 4) is 0 Å². The number of fused-ring (bicyclic) bond motifs is 2. The third-order valence-corrected chi connectivity index (χ3v) is 10.2. The minimum absolute atomic E-state index is 0.0119. The maximum atomic E-state index is 5.59. The molecule has 3 aromatic carbocycles. The van der Waals surface area contributed by atoms with Crippen LogP contribution in [-0.4, -0.2) is 28.1 Å². The summed E-state index contributed by atoms with van der Waals surface area (Å²) in [5.74, 6) is 0. The predicted molar refractivity (Wildman–Crippen MR) is 139 cm³/mol. The van der Waals surface area contributed by atoms with Crippen LogP contribution in [0.25, 0.3) is 0 Å².